The molecule has 3 N–H and O–H groups in total. The van der Waals surface area contributed by atoms with Gasteiger partial charge >= 0.3 is 5.69 Å². The Morgan fingerprint density at radius 1 is 1.13 bits per heavy atom. The van der Waals surface area contributed by atoms with Crippen LogP contribution >= 0.6 is 11.3 Å². The molecule has 0 aliphatic rings. The lowest BCUT2D eigenvalue weighted by Crippen LogP contribution is -2.25. The zero-order valence-electron chi connectivity index (χ0n) is 16.7. The average Bonchev–Trinajstić information content (AvgIpc) is 3.42. The third-order valence-electron chi connectivity index (χ3n) is 5.23. The number of thiophene rings is 1. The summed E-state index contributed by atoms with van der Waals surface area (Å²) in [5, 5.41) is 8.43. The Labute approximate surface area is 179 Å². The summed E-state index contributed by atoms with van der Waals surface area (Å²) >= 11 is 1.34. The summed E-state index contributed by atoms with van der Waals surface area (Å²) in [4.78, 5) is 31.2. The van der Waals surface area contributed by atoms with Crippen LogP contribution in [0.2, 0.25) is 0 Å². The number of nitrogens with zero attached hydrogens (tertiary/aromatic N) is 2. The molecule has 0 aliphatic carbocycles. The lowest BCUT2D eigenvalue weighted by Gasteiger charge is -2.13. The molecule has 31 heavy (non-hydrogen) atoms. The first-order chi connectivity index (χ1) is 14.9. The van der Waals surface area contributed by atoms with E-state index in [1.54, 1.807) is 16.8 Å². The number of halogens is 1. The molecule has 0 fully saturated rings. The molecule has 0 aliphatic heterocycles. The van der Waals surface area contributed by atoms with Crippen molar-refractivity contribution in [1.82, 2.24) is 25.1 Å². The van der Waals surface area contributed by atoms with Gasteiger partial charge in [0.05, 0.1) is 33.3 Å². The highest BCUT2D eigenvalue weighted by Crippen LogP contribution is 2.31. The summed E-state index contributed by atoms with van der Waals surface area (Å²) in [6.45, 7) is 3.77. The van der Waals surface area contributed by atoms with Crippen molar-refractivity contribution in [3.63, 3.8) is 0 Å². The van der Waals surface area contributed by atoms with Gasteiger partial charge in [0.1, 0.15) is 10.6 Å². The molecule has 7 nitrogen and oxygen atoms in total. The van der Waals surface area contributed by atoms with E-state index in [0.29, 0.717) is 10.4 Å². The molecular formula is C22H18FN5O2S. The molecule has 0 bridgehead atoms. The highest BCUT2D eigenvalue weighted by atomic mass is 32.1. The SMILES string of the molecule is Cc1nn(-c2ccc(F)cc2)c2sc(C(=O)NC(C)c3ccc4[nH]c(=O)[nH]c4c3)cc12. The molecule has 5 aromatic rings. The number of aryl methyl sites for hydroxylation is 1. The van der Waals surface area contributed by atoms with E-state index in [4.69, 9.17) is 0 Å². The molecule has 2 aromatic carbocycles. The molecule has 5 rings (SSSR count). The number of hydrogen-bond donors (Lipinski definition) is 3. The van der Waals surface area contributed by atoms with Gasteiger partial charge in [0.2, 0.25) is 0 Å². The van der Waals surface area contributed by atoms with Gasteiger partial charge in [0.15, 0.2) is 0 Å². The fraction of sp³-hybridized carbons (Fsp3) is 0.136. The van der Waals surface area contributed by atoms with Crippen molar-refractivity contribution < 1.29 is 9.18 Å². The lowest BCUT2D eigenvalue weighted by molar-refractivity contribution is 0.0944. The summed E-state index contributed by atoms with van der Waals surface area (Å²) in [5.41, 5.74) is 3.56. The third-order valence-corrected chi connectivity index (χ3v) is 6.34. The van der Waals surface area contributed by atoms with E-state index >= 15 is 0 Å². The maximum atomic E-state index is 13.3. The second kappa shape index (κ2) is 7.21. The molecular weight excluding hydrogens is 417 g/mol. The first kappa shape index (κ1) is 19.3. The number of rotatable bonds is 4. The molecule has 3 aromatic heterocycles. The number of benzene rings is 2. The van der Waals surface area contributed by atoms with Crippen molar-refractivity contribution in [2.45, 2.75) is 19.9 Å². The average molecular weight is 435 g/mol. The molecule has 156 valence electrons. The molecule has 0 saturated carbocycles. The monoisotopic (exact) mass is 435 g/mol. The number of carbonyl (C=O) groups is 1. The van der Waals surface area contributed by atoms with Gasteiger partial charge in [-0.3, -0.25) is 4.79 Å². The van der Waals surface area contributed by atoms with Crippen molar-refractivity contribution in [1.29, 1.82) is 0 Å². The Balaban J connectivity index is 1.43. The quantitative estimate of drug-likeness (QED) is 0.395. The minimum absolute atomic E-state index is 0.193. The standard InChI is InChI=1S/C22H18FN5O2S/c1-11(13-3-8-17-18(9-13)26-22(30)25-17)24-20(29)19-10-16-12(2)27-28(21(16)31-19)15-6-4-14(23)5-7-15/h3-11H,1-2H3,(H,24,29)(H2,25,26,30). The van der Waals surface area contributed by atoms with E-state index in [0.717, 1.165) is 32.7 Å². The van der Waals surface area contributed by atoms with Crippen LogP contribution in [0.1, 0.15) is 33.9 Å². The molecule has 1 amide bonds. The van der Waals surface area contributed by atoms with E-state index in [1.165, 1.54) is 23.5 Å². The lowest BCUT2D eigenvalue weighted by atomic mass is 10.1. The summed E-state index contributed by atoms with van der Waals surface area (Å²) in [6, 6.07) is 13.2. The number of hydrogen-bond acceptors (Lipinski definition) is 4. The molecule has 0 radical (unpaired) electrons. The van der Waals surface area contributed by atoms with E-state index in [2.05, 4.69) is 20.4 Å². The van der Waals surface area contributed by atoms with Crippen molar-refractivity contribution in [3.05, 3.63) is 81.0 Å². The number of fused-ring (bicyclic) bond motifs is 2. The van der Waals surface area contributed by atoms with Crippen LogP contribution in [0.25, 0.3) is 26.9 Å². The number of aromatic amines is 2. The summed E-state index contributed by atoms with van der Waals surface area (Å²) < 4.78 is 15.0. The molecule has 9 heteroatoms. The van der Waals surface area contributed by atoms with Crippen LogP contribution in [0.3, 0.4) is 0 Å². The number of amides is 1. The van der Waals surface area contributed by atoms with Crippen molar-refractivity contribution >= 4 is 38.5 Å². The second-order valence-corrected chi connectivity index (χ2v) is 8.41. The van der Waals surface area contributed by atoms with E-state index < -0.39 is 0 Å². The second-order valence-electron chi connectivity index (χ2n) is 7.38. The smallest absolute Gasteiger partial charge is 0.323 e. The normalized spacial score (nSPS) is 12.5. The van der Waals surface area contributed by atoms with Gasteiger partial charge < -0.3 is 15.3 Å². The van der Waals surface area contributed by atoms with E-state index in [9.17, 15) is 14.0 Å². The van der Waals surface area contributed by atoms with Gasteiger partial charge in [0.25, 0.3) is 5.91 Å². The molecule has 1 unspecified atom stereocenters. The highest BCUT2D eigenvalue weighted by molar-refractivity contribution is 7.20. The zero-order valence-corrected chi connectivity index (χ0v) is 17.5. The van der Waals surface area contributed by atoms with Crippen molar-refractivity contribution in [2.75, 3.05) is 0 Å². The summed E-state index contributed by atoms with van der Waals surface area (Å²) in [7, 11) is 0. The molecule has 1 atom stereocenters. The van der Waals surface area contributed by atoms with E-state index in [1.807, 2.05) is 38.1 Å². The van der Waals surface area contributed by atoms with Crippen LogP contribution < -0.4 is 11.0 Å². The minimum Gasteiger partial charge on any atom is -0.345 e. The number of nitrogens with one attached hydrogen (secondary N) is 3. The first-order valence-electron chi connectivity index (χ1n) is 9.67. The van der Waals surface area contributed by atoms with Crippen LogP contribution in [0, 0.1) is 12.7 Å². The van der Waals surface area contributed by atoms with Gasteiger partial charge in [-0.2, -0.15) is 5.10 Å². The maximum absolute atomic E-state index is 13.3. The number of carbonyl (C=O) groups excluding carboxylic acids is 1. The van der Waals surface area contributed by atoms with E-state index in [-0.39, 0.29) is 23.5 Å². The number of imidazole rings is 1. The van der Waals surface area contributed by atoms with Gasteiger partial charge in [0, 0.05) is 5.39 Å². The van der Waals surface area contributed by atoms with Crippen LogP contribution in [0.4, 0.5) is 4.39 Å². The fourth-order valence-electron chi connectivity index (χ4n) is 3.59. The highest BCUT2D eigenvalue weighted by Gasteiger charge is 2.19. The molecule has 3 heterocycles. The van der Waals surface area contributed by atoms with Crippen LogP contribution in [-0.4, -0.2) is 25.7 Å². The van der Waals surface area contributed by atoms with Crippen LogP contribution in [0.15, 0.2) is 53.3 Å². The third kappa shape index (κ3) is 3.42. The maximum Gasteiger partial charge on any atom is 0.323 e. The largest absolute Gasteiger partial charge is 0.345 e. The van der Waals surface area contributed by atoms with Gasteiger partial charge in [-0.15, -0.1) is 11.3 Å². The number of aromatic nitrogens is 4. The predicted molar refractivity (Wildman–Crippen MR) is 118 cm³/mol. The minimum atomic E-state index is -0.314. The Hall–Kier alpha value is -3.72. The fourth-order valence-corrected chi connectivity index (χ4v) is 4.67. The Morgan fingerprint density at radius 2 is 1.87 bits per heavy atom. The Bertz CT molecular complexity index is 1490. The number of H-pyrrole nitrogens is 2. The van der Waals surface area contributed by atoms with Crippen LogP contribution in [0.5, 0.6) is 0 Å². The topological polar surface area (TPSA) is 95.6 Å². The predicted octanol–water partition coefficient (Wildman–Crippen LogP) is 4.20. The molecule has 0 spiro atoms. The van der Waals surface area contributed by atoms with Gasteiger partial charge in [-0.25, -0.2) is 13.9 Å². The summed E-state index contributed by atoms with van der Waals surface area (Å²) in [5.74, 6) is -0.507. The Kier molecular flexibility index (Phi) is 4.48. The van der Waals surface area contributed by atoms with Crippen LogP contribution in [-0.2, 0) is 0 Å². The summed E-state index contributed by atoms with van der Waals surface area (Å²) in [6.07, 6.45) is 0. The first-order valence-corrected chi connectivity index (χ1v) is 10.5. The molecule has 0 saturated heterocycles. The van der Waals surface area contributed by atoms with Gasteiger partial charge in [-0.05, 0) is 61.9 Å². The van der Waals surface area contributed by atoms with Gasteiger partial charge in [-0.1, -0.05) is 6.07 Å². The van der Waals surface area contributed by atoms with Crippen molar-refractivity contribution in [3.8, 4) is 5.69 Å². The Morgan fingerprint density at radius 3 is 2.65 bits per heavy atom. The van der Waals surface area contributed by atoms with Crippen molar-refractivity contribution in [2.24, 2.45) is 0 Å². The zero-order chi connectivity index (χ0) is 21.7.